The number of carbonyl (C=O) groups excluding carboxylic acids is 1. The first kappa shape index (κ1) is 23.0. The van der Waals surface area contributed by atoms with E-state index in [2.05, 4.69) is 4.74 Å². The third-order valence-corrected chi connectivity index (χ3v) is 7.48. The molecule has 1 aliphatic carbocycles. The van der Waals surface area contributed by atoms with E-state index < -0.39 is 22.1 Å². The first-order valence-electron chi connectivity index (χ1n) is 10.1. The molecule has 1 aromatic carbocycles. The Labute approximate surface area is 174 Å². The average molecular weight is 449 g/mol. The number of carbonyl (C=O) groups is 1. The van der Waals surface area contributed by atoms with Gasteiger partial charge in [0, 0.05) is 19.5 Å². The van der Waals surface area contributed by atoms with E-state index in [9.17, 15) is 26.4 Å². The van der Waals surface area contributed by atoms with Crippen molar-refractivity contribution in [2.45, 2.75) is 62.3 Å². The molecule has 0 amide bonds. The number of halogens is 3. The fraction of sp³-hybridized carbons (Fsp3) is 0.650. The number of alkyl halides is 3. The van der Waals surface area contributed by atoms with Crippen LogP contribution >= 0.6 is 0 Å². The van der Waals surface area contributed by atoms with E-state index in [1.807, 2.05) is 0 Å². The van der Waals surface area contributed by atoms with Gasteiger partial charge in [0.25, 0.3) is 0 Å². The summed E-state index contributed by atoms with van der Waals surface area (Å²) in [6.07, 6.45) is 1.05. The molecular weight excluding hydrogens is 423 g/mol. The maximum absolute atomic E-state index is 12.7. The number of ketones is 1. The van der Waals surface area contributed by atoms with Crippen molar-refractivity contribution < 1.29 is 35.9 Å². The molecule has 0 atom stereocenters. The van der Waals surface area contributed by atoms with Crippen molar-refractivity contribution in [3.8, 4) is 5.75 Å². The van der Waals surface area contributed by atoms with Gasteiger partial charge in [0.15, 0.2) is 5.78 Å². The van der Waals surface area contributed by atoms with Gasteiger partial charge < -0.3 is 9.47 Å². The smallest absolute Gasteiger partial charge is 0.406 e. The zero-order chi connectivity index (χ0) is 21.8. The Hall–Kier alpha value is -1.65. The molecule has 1 aromatic rings. The van der Waals surface area contributed by atoms with Crippen LogP contribution in [0.2, 0.25) is 0 Å². The number of ether oxygens (including phenoxy) is 2. The zero-order valence-electron chi connectivity index (χ0n) is 16.6. The molecule has 0 N–H and O–H groups in total. The minimum atomic E-state index is -4.83. The summed E-state index contributed by atoms with van der Waals surface area (Å²) in [7, 11) is -3.82. The fourth-order valence-electron chi connectivity index (χ4n) is 4.01. The van der Waals surface area contributed by atoms with Crippen molar-refractivity contribution in [1.82, 2.24) is 4.31 Å². The molecule has 2 aliphatic rings. The lowest BCUT2D eigenvalue weighted by molar-refractivity contribution is -0.274. The summed E-state index contributed by atoms with van der Waals surface area (Å²) < 4.78 is 72.9. The molecule has 6 nitrogen and oxygen atoms in total. The van der Waals surface area contributed by atoms with Crippen LogP contribution in [-0.2, 0) is 19.6 Å². The lowest BCUT2D eigenvalue weighted by Gasteiger charge is -2.31. The second-order valence-corrected chi connectivity index (χ2v) is 9.76. The third kappa shape index (κ3) is 6.42. The molecule has 1 heterocycles. The Bertz CT molecular complexity index is 812. The lowest BCUT2D eigenvalue weighted by atomic mass is 10.0. The number of benzene rings is 1. The quantitative estimate of drug-likeness (QED) is 0.602. The van der Waals surface area contributed by atoms with Gasteiger partial charge in [-0.05, 0) is 43.0 Å². The van der Waals surface area contributed by atoms with Crippen molar-refractivity contribution >= 4 is 15.8 Å². The molecule has 2 fully saturated rings. The summed E-state index contributed by atoms with van der Waals surface area (Å²) in [5, 5.41) is 0. The molecule has 1 saturated heterocycles. The molecule has 3 rings (SSSR count). The molecule has 0 spiro atoms. The minimum Gasteiger partial charge on any atom is -0.406 e. The summed E-state index contributed by atoms with van der Waals surface area (Å²) in [6.45, 7) is 0.518. The second-order valence-electron chi connectivity index (χ2n) is 7.83. The summed E-state index contributed by atoms with van der Waals surface area (Å²) in [5.41, 5.74) is 0. The van der Waals surface area contributed by atoms with E-state index in [0.717, 1.165) is 37.1 Å². The zero-order valence-corrected chi connectivity index (χ0v) is 17.4. The van der Waals surface area contributed by atoms with Crippen LogP contribution in [0.4, 0.5) is 13.2 Å². The van der Waals surface area contributed by atoms with Crippen LogP contribution in [0.5, 0.6) is 5.75 Å². The first-order chi connectivity index (χ1) is 14.1. The number of hydrogen-bond donors (Lipinski definition) is 0. The van der Waals surface area contributed by atoms with E-state index in [0.29, 0.717) is 25.2 Å². The summed E-state index contributed by atoms with van der Waals surface area (Å²) in [4.78, 5) is 12.0. The average Bonchev–Trinajstić information content (AvgIpc) is 3.19. The van der Waals surface area contributed by atoms with Crippen molar-refractivity contribution in [3.63, 3.8) is 0 Å². The molecular formula is C20H26F3NO5S. The highest BCUT2D eigenvalue weighted by atomic mass is 32.2. The molecule has 10 heteroatoms. The van der Waals surface area contributed by atoms with Crippen LogP contribution in [0, 0.1) is 5.92 Å². The Morgan fingerprint density at radius 2 is 1.63 bits per heavy atom. The molecule has 30 heavy (non-hydrogen) atoms. The van der Waals surface area contributed by atoms with E-state index in [-0.39, 0.29) is 36.5 Å². The Morgan fingerprint density at radius 3 is 2.20 bits per heavy atom. The van der Waals surface area contributed by atoms with E-state index in [1.165, 1.54) is 17.1 Å². The topological polar surface area (TPSA) is 72.9 Å². The Balaban J connectivity index is 1.47. The summed E-state index contributed by atoms with van der Waals surface area (Å²) in [6, 6.07) is 4.15. The lowest BCUT2D eigenvalue weighted by Crippen LogP contribution is -2.41. The minimum absolute atomic E-state index is 0.0641. The molecule has 0 unspecified atom stereocenters. The fourth-order valence-corrected chi connectivity index (χ4v) is 5.48. The molecule has 168 valence electrons. The molecule has 1 aliphatic heterocycles. The largest absolute Gasteiger partial charge is 0.573 e. The number of rotatable bonds is 8. The summed E-state index contributed by atoms with van der Waals surface area (Å²) >= 11 is 0. The van der Waals surface area contributed by atoms with Gasteiger partial charge in [0.2, 0.25) is 10.0 Å². The number of piperidine rings is 1. The SMILES string of the molecule is O=C(COC1CCN(S(=O)(=O)c2ccc(OC(F)(F)F)cc2)CC1)CC1CCCC1. The van der Waals surface area contributed by atoms with E-state index in [1.54, 1.807) is 0 Å². The highest BCUT2D eigenvalue weighted by Gasteiger charge is 2.32. The van der Waals surface area contributed by atoms with Gasteiger partial charge in [-0.25, -0.2) is 8.42 Å². The van der Waals surface area contributed by atoms with Gasteiger partial charge in [-0.15, -0.1) is 13.2 Å². The van der Waals surface area contributed by atoms with Crippen molar-refractivity contribution in [2.24, 2.45) is 5.92 Å². The molecule has 1 saturated carbocycles. The monoisotopic (exact) mass is 449 g/mol. The predicted molar refractivity (Wildman–Crippen MR) is 102 cm³/mol. The number of hydrogen-bond acceptors (Lipinski definition) is 5. The number of nitrogens with zero attached hydrogens (tertiary/aromatic N) is 1. The van der Waals surface area contributed by atoms with Crippen LogP contribution in [0.1, 0.15) is 44.9 Å². The van der Waals surface area contributed by atoms with Crippen LogP contribution < -0.4 is 4.74 Å². The highest BCUT2D eigenvalue weighted by molar-refractivity contribution is 7.89. The van der Waals surface area contributed by atoms with Crippen LogP contribution in [0.15, 0.2) is 29.2 Å². The van der Waals surface area contributed by atoms with Crippen LogP contribution in [0.3, 0.4) is 0 Å². The van der Waals surface area contributed by atoms with Crippen molar-refractivity contribution in [2.75, 3.05) is 19.7 Å². The highest BCUT2D eigenvalue weighted by Crippen LogP contribution is 2.28. The van der Waals surface area contributed by atoms with Crippen LogP contribution in [0.25, 0.3) is 0 Å². The molecule has 0 aromatic heterocycles. The second kappa shape index (κ2) is 9.65. The van der Waals surface area contributed by atoms with Crippen LogP contribution in [-0.4, -0.2) is 50.7 Å². The molecule has 0 radical (unpaired) electrons. The third-order valence-electron chi connectivity index (χ3n) is 5.57. The van der Waals surface area contributed by atoms with Gasteiger partial charge in [0.05, 0.1) is 11.0 Å². The van der Waals surface area contributed by atoms with Crippen molar-refractivity contribution in [1.29, 1.82) is 0 Å². The van der Waals surface area contributed by atoms with Crippen molar-refractivity contribution in [3.05, 3.63) is 24.3 Å². The van der Waals surface area contributed by atoms with Gasteiger partial charge in [-0.3, -0.25) is 4.79 Å². The first-order valence-corrected chi connectivity index (χ1v) is 11.6. The summed E-state index contributed by atoms with van der Waals surface area (Å²) in [5.74, 6) is 0.0926. The van der Waals surface area contributed by atoms with Gasteiger partial charge in [-0.1, -0.05) is 25.7 Å². The number of Topliss-reactive ketones (excluding diaryl/α,β-unsaturated/α-hetero) is 1. The van der Waals surface area contributed by atoms with Gasteiger partial charge in [-0.2, -0.15) is 4.31 Å². The van der Waals surface area contributed by atoms with E-state index >= 15 is 0 Å². The van der Waals surface area contributed by atoms with E-state index in [4.69, 9.17) is 4.74 Å². The standard InChI is InChI=1S/C20H26F3NO5S/c21-20(22,23)29-18-5-7-19(8-6-18)30(26,27)24-11-9-17(10-12-24)28-14-16(25)13-15-3-1-2-4-15/h5-8,15,17H,1-4,9-14H2. The maximum Gasteiger partial charge on any atom is 0.573 e. The van der Waals surface area contributed by atoms with Gasteiger partial charge in [0.1, 0.15) is 12.4 Å². The Morgan fingerprint density at radius 1 is 1.03 bits per heavy atom. The molecule has 0 bridgehead atoms. The predicted octanol–water partition coefficient (Wildman–Crippen LogP) is 3.90. The Kier molecular flexibility index (Phi) is 7.41. The van der Waals surface area contributed by atoms with Gasteiger partial charge >= 0.3 is 6.36 Å². The normalized spacial score (nSPS) is 19.8. The number of sulfonamides is 1. The maximum atomic E-state index is 12.7.